The van der Waals surface area contributed by atoms with Crippen molar-refractivity contribution in [2.75, 3.05) is 19.6 Å². The Kier molecular flexibility index (Phi) is 5.13. The first-order chi connectivity index (χ1) is 8.77. The number of aromatic nitrogens is 1. The fraction of sp³-hybridized carbons (Fsp3) is 0.692. The second-order valence-electron chi connectivity index (χ2n) is 4.77. The minimum Gasteiger partial charge on any atom is -0.342 e. The molecule has 18 heavy (non-hydrogen) atoms. The van der Waals surface area contributed by atoms with Gasteiger partial charge in [-0.3, -0.25) is 10.1 Å². The van der Waals surface area contributed by atoms with Crippen molar-refractivity contribution in [3.05, 3.63) is 16.6 Å². The van der Waals surface area contributed by atoms with Gasteiger partial charge in [-0.15, -0.1) is 11.3 Å². The lowest BCUT2D eigenvalue weighted by atomic mass is 10.2. The highest BCUT2D eigenvalue weighted by atomic mass is 32.1. The lowest BCUT2D eigenvalue weighted by Gasteiger charge is -2.21. The fourth-order valence-corrected chi connectivity index (χ4v) is 2.88. The Labute approximate surface area is 112 Å². The Morgan fingerprint density at radius 3 is 2.78 bits per heavy atom. The number of nitrogens with zero attached hydrogens (tertiary/aromatic N) is 2. The van der Waals surface area contributed by atoms with Crippen molar-refractivity contribution in [1.82, 2.24) is 15.2 Å². The lowest BCUT2D eigenvalue weighted by molar-refractivity contribution is -0.130. The number of rotatable bonds is 4. The molecule has 0 radical (unpaired) electrons. The van der Waals surface area contributed by atoms with E-state index in [1.807, 2.05) is 10.3 Å². The van der Waals surface area contributed by atoms with Gasteiger partial charge in [0.2, 0.25) is 5.91 Å². The van der Waals surface area contributed by atoms with E-state index in [4.69, 9.17) is 0 Å². The molecule has 1 N–H and O–H groups in total. The molecule has 2 heterocycles. The molecule has 0 aromatic carbocycles. The normalized spacial score (nSPS) is 18.4. The van der Waals surface area contributed by atoms with Crippen molar-refractivity contribution in [2.24, 2.45) is 0 Å². The molecule has 1 aromatic rings. The van der Waals surface area contributed by atoms with Crippen LogP contribution in [0.4, 0.5) is 0 Å². The molecule has 4 nitrogen and oxygen atoms in total. The number of carbonyl (C=O) groups is 1. The van der Waals surface area contributed by atoms with Gasteiger partial charge in [-0.1, -0.05) is 12.8 Å². The average Bonchev–Trinajstić information content (AvgIpc) is 2.78. The van der Waals surface area contributed by atoms with Crippen molar-refractivity contribution < 1.29 is 4.79 Å². The monoisotopic (exact) mass is 267 g/mol. The summed E-state index contributed by atoms with van der Waals surface area (Å²) in [5, 5.41) is 6.26. The Hall–Kier alpha value is -0.940. The summed E-state index contributed by atoms with van der Waals surface area (Å²) in [6, 6.07) is 0.154. The van der Waals surface area contributed by atoms with Crippen LogP contribution in [0.1, 0.15) is 43.7 Å². The first kappa shape index (κ1) is 13.5. The number of amides is 1. The van der Waals surface area contributed by atoms with Gasteiger partial charge in [0.05, 0.1) is 12.6 Å². The quantitative estimate of drug-likeness (QED) is 0.909. The molecular weight excluding hydrogens is 246 g/mol. The molecule has 1 unspecified atom stereocenters. The summed E-state index contributed by atoms with van der Waals surface area (Å²) in [5.41, 5.74) is 0. The first-order valence-electron chi connectivity index (χ1n) is 6.68. The van der Waals surface area contributed by atoms with Gasteiger partial charge in [0, 0.05) is 24.7 Å². The van der Waals surface area contributed by atoms with Crippen LogP contribution in [0.2, 0.25) is 0 Å². The van der Waals surface area contributed by atoms with Crippen molar-refractivity contribution >= 4 is 17.2 Å². The topological polar surface area (TPSA) is 45.2 Å². The second-order valence-corrected chi connectivity index (χ2v) is 5.69. The Morgan fingerprint density at radius 2 is 2.17 bits per heavy atom. The molecule has 1 amide bonds. The van der Waals surface area contributed by atoms with Crippen LogP contribution in [0.3, 0.4) is 0 Å². The van der Waals surface area contributed by atoms with E-state index >= 15 is 0 Å². The van der Waals surface area contributed by atoms with Gasteiger partial charge >= 0.3 is 0 Å². The highest BCUT2D eigenvalue weighted by Gasteiger charge is 2.16. The average molecular weight is 267 g/mol. The molecule has 0 aliphatic carbocycles. The molecule has 5 heteroatoms. The minimum atomic E-state index is 0.154. The largest absolute Gasteiger partial charge is 0.342 e. The van der Waals surface area contributed by atoms with Crippen molar-refractivity contribution in [3.8, 4) is 0 Å². The Morgan fingerprint density at radius 1 is 1.44 bits per heavy atom. The first-order valence-corrected chi connectivity index (χ1v) is 7.56. The maximum atomic E-state index is 12.1. The molecule has 1 aliphatic rings. The van der Waals surface area contributed by atoms with E-state index in [2.05, 4.69) is 17.2 Å². The van der Waals surface area contributed by atoms with E-state index in [9.17, 15) is 4.79 Å². The molecule has 2 rings (SSSR count). The maximum Gasteiger partial charge on any atom is 0.236 e. The molecule has 1 aromatic heterocycles. The standard InChI is InChI=1S/C13H21N3OS/c1-11(13-14-6-9-18-13)15-10-12(17)16-7-4-2-3-5-8-16/h6,9,11,15H,2-5,7-8,10H2,1H3. The number of thiazole rings is 1. The van der Waals surface area contributed by atoms with Crippen molar-refractivity contribution in [1.29, 1.82) is 0 Å². The zero-order chi connectivity index (χ0) is 12.8. The van der Waals surface area contributed by atoms with E-state index in [0.29, 0.717) is 6.54 Å². The third-order valence-electron chi connectivity index (χ3n) is 3.34. The molecule has 100 valence electrons. The van der Waals surface area contributed by atoms with Crippen molar-refractivity contribution in [2.45, 2.75) is 38.6 Å². The van der Waals surface area contributed by atoms with Gasteiger partial charge in [0.15, 0.2) is 0 Å². The minimum absolute atomic E-state index is 0.154. The predicted octanol–water partition coefficient (Wildman–Crippen LogP) is 2.20. The van der Waals surface area contributed by atoms with Crippen LogP contribution in [-0.4, -0.2) is 35.4 Å². The van der Waals surface area contributed by atoms with Crippen LogP contribution in [0.25, 0.3) is 0 Å². The predicted molar refractivity (Wildman–Crippen MR) is 73.6 cm³/mol. The van der Waals surface area contributed by atoms with E-state index in [1.54, 1.807) is 17.5 Å². The smallest absolute Gasteiger partial charge is 0.236 e. The van der Waals surface area contributed by atoms with Crippen molar-refractivity contribution in [3.63, 3.8) is 0 Å². The summed E-state index contributed by atoms with van der Waals surface area (Å²) < 4.78 is 0. The molecule has 0 bridgehead atoms. The molecule has 1 atom stereocenters. The second kappa shape index (κ2) is 6.85. The summed E-state index contributed by atoms with van der Waals surface area (Å²) >= 11 is 1.62. The van der Waals surface area contributed by atoms with Gasteiger partial charge in [0.1, 0.15) is 5.01 Å². The Balaban J connectivity index is 1.77. The summed E-state index contributed by atoms with van der Waals surface area (Å²) in [6.07, 6.45) is 6.61. The highest BCUT2D eigenvalue weighted by Crippen LogP contribution is 2.14. The zero-order valence-electron chi connectivity index (χ0n) is 10.9. The van der Waals surface area contributed by atoms with E-state index in [-0.39, 0.29) is 11.9 Å². The van der Waals surface area contributed by atoms with Gasteiger partial charge in [-0.05, 0) is 19.8 Å². The summed E-state index contributed by atoms with van der Waals surface area (Å²) in [5.74, 6) is 0.223. The molecule has 1 fully saturated rings. The summed E-state index contributed by atoms with van der Waals surface area (Å²) in [7, 11) is 0. The van der Waals surface area contributed by atoms with Gasteiger partial charge < -0.3 is 4.90 Å². The number of hydrogen-bond donors (Lipinski definition) is 1. The summed E-state index contributed by atoms with van der Waals surface area (Å²) in [4.78, 5) is 18.3. The SMILES string of the molecule is CC(NCC(=O)N1CCCCCC1)c1nccs1. The lowest BCUT2D eigenvalue weighted by Crippen LogP contribution is -2.39. The van der Waals surface area contributed by atoms with Crippen LogP contribution < -0.4 is 5.32 Å². The number of hydrogen-bond acceptors (Lipinski definition) is 4. The van der Waals surface area contributed by atoms with Gasteiger partial charge in [0.25, 0.3) is 0 Å². The third-order valence-corrected chi connectivity index (χ3v) is 4.30. The number of likely N-dealkylation sites (tertiary alicyclic amines) is 1. The zero-order valence-corrected chi connectivity index (χ0v) is 11.7. The van der Waals surface area contributed by atoms with E-state index in [1.165, 1.54) is 12.8 Å². The van der Waals surface area contributed by atoms with E-state index in [0.717, 1.165) is 30.9 Å². The molecule has 0 spiro atoms. The third kappa shape index (κ3) is 3.78. The molecule has 1 saturated heterocycles. The molecule has 0 saturated carbocycles. The summed E-state index contributed by atoms with van der Waals surface area (Å²) in [6.45, 7) is 4.31. The van der Waals surface area contributed by atoms with Crippen LogP contribution in [-0.2, 0) is 4.79 Å². The van der Waals surface area contributed by atoms with Gasteiger partial charge in [-0.25, -0.2) is 4.98 Å². The fourth-order valence-electron chi connectivity index (χ4n) is 2.21. The van der Waals surface area contributed by atoms with Crippen LogP contribution in [0.15, 0.2) is 11.6 Å². The molecule has 1 aliphatic heterocycles. The highest BCUT2D eigenvalue weighted by molar-refractivity contribution is 7.09. The van der Waals surface area contributed by atoms with Crippen LogP contribution in [0, 0.1) is 0 Å². The number of carbonyl (C=O) groups excluding carboxylic acids is 1. The van der Waals surface area contributed by atoms with Crippen LogP contribution in [0.5, 0.6) is 0 Å². The number of nitrogens with one attached hydrogen (secondary N) is 1. The van der Waals surface area contributed by atoms with Crippen LogP contribution >= 0.6 is 11.3 Å². The van der Waals surface area contributed by atoms with E-state index < -0.39 is 0 Å². The Bertz CT molecular complexity index is 358. The molecular formula is C13H21N3OS. The maximum absolute atomic E-state index is 12.1. The van der Waals surface area contributed by atoms with Gasteiger partial charge in [-0.2, -0.15) is 0 Å².